The summed E-state index contributed by atoms with van der Waals surface area (Å²) in [6.45, 7) is 7.00. The van der Waals surface area contributed by atoms with Crippen molar-refractivity contribution in [2.75, 3.05) is 31.6 Å². The number of rotatable bonds is 7. The third-order valence-corrected chi connectivity index (χ3v) is 2.91. The lowest BCUT2D eigenvalue weighted by molar-refractivity contribution is 0.0466. The van der Waals surface area contributed by atoms with Gasteiger partial charge in [-0.25, -0.2) is 9.59 Å². The van der Waals surface area contributed by atoms with Crippen molar-refractivity contribution >= 4 is 17.7 Å². The number of amides is 1. The van der Waals surface area contributed by atoms with Crippen molar-refractivity contribution in [3.05, 3.63) is 29.8 Å². The molecule has 0 aliphatic heterocycles. The van der Waals surface area contributed by atoms with E-state index in [4.69, 9.17) is 9.84 Å². The number of esters is 1. The van der Waals surface area contributed by atoms with E-state index in [0.29, 0.717) is 24.4 Å². The molecule has 0 saturated carbocycles. The first-order chi connectivity index (χ1) is 9.56. The van der Waals surface area contributed by atoms with Crippen LogP contribution in [0.5, 0.6) is 0 Å². The monoisotopic (exact) mass is 280 g/mol. The van der Waals surface area contributed by atoms with Crippen molar-refractivity contribution < 1.29 is 19.4 Å². The molecular formula is C14H20N2O4. The van der Waals surface area contributed by atoms with Gasteiger partial charge in [-0.05, 0) is 37.4 Å². The summed E-state index contributed by atoms with van der Waals surface area (Å²) >= 11 is 0. The SMILES string of the molecule is CCN(CC)CCOC(=O)c1ccc(NC(=O)O)cc1. The lowest BCUT2D eigenvalue weighted by atomic mass is 10.2. The molecular weight excluding hydrogens is 260 g/mol. The molecule has 0 aliphatic carbocycles. The molecule has 2 N–H and O–H groups in total. The second-order valence-corrected chi connectivity index (χ2v) is 4.17. The van der Waals surface area contributed by atoms with Crippen LogP contribution in [-0.2, 0) is 4.74 Å². The number of ether oxygens (including phenoxy) is 1. The fourth-order valence-electron chi connectivity index (χ4n) is 1.70. The Hall–Kier alpha value is -2.08. The van der Waals surface area contributed by atoms with E-state index in [1.54, 1.807) is 0 Å². The van der Waals surface area contributed by atoms with E-state index < -0.39 is 12.1 Å². The number of benzene rings is 1. The smallest absolute Gasteiger partial charge is 0.409 e. The van der Waals surface area contributed by atoms with Crippen LogP contribution in [0.15, 0.2) is 24.3 Å². The number of hydrogen-bond donors (Lipinski definition) is 2. The van der Waals surface area contributed by atoms with Crippen molar-refractivity contribution in [2.45, 2.75) is 13.8 Å². The molecule has 0 bridgehead atoms. The minimum Gasteiger partial charge on any atom is -0.465 e. The standard InChI is InChI=1S/C14H20N2O4/c1-3-16(4-2)9-10-20-13(17)11-5-7-12(8-6-11)15-14(18)19/h5-8,15H,3-4,9-10H2,1-2H3,(H,18,19). The highest BCUT2D eigenvalue weighted by atomic mass is 16.5. The zero-order chi connectivity index (χ0) is 15.0. The van der Waals surface area contributed by atoms with Crippen LogP contribution in [0.2, 0.25) is 0 Å². The average Bonchev–Trinajstić information content (AvgIpc) is 2.43. The van der Waals surface area contributed by atoms with Gasteiger partial charge in [-0.3, -0.25) is 5.32 Å². The minimum absolute atomic E-state index is 0.343. The zero-order valence-electron chi connectivity index (χ0n) is 11.8. The van der Waals surface area contributed by atoms with Gasteiger partial charge < -0.3 is 14.7 Å². The number of likely N-dealkylation sites (N-methyl/N-ethyl adjacent to an activating group) is 1. The second kappa shape index (κ2) is 8.16. The van der Waals surface area contributed by atoms with Gasteiger partial charge in [0.1, 0.15) is 6.61 Å². The Bertz CT molecular complexity index is 441. The van der Waals surface area contributed by atoms with Crippen LogP contribution < -0.4 is 5.32 Å². The van der Waals surface area contributed by atoms with E-state index in [9.17, 15) is 9.59 Å². The quantitative estimate of drug-likeness (QED) is 0.749. The minimum atomic E-state index is -1.14. The molecule has 6 heteroatoms. The summed E-state index contributed by atoms with van der Waals surface area (Å²) in [6.07, 6.45) is -1.14. The Labute approximate surface area is 118 Å². The summed E-state index contributed by atoms with van der Waals surface area (Å²) < 4.78 is 5.17. The second-order valence-electron chi connectivity index (χ2n) is 4.17. The Balaban J connectivity index is 2.45. The molecule has 1 aromatic carbocycles. The van der Waals surface area contributed by atoms with Crippen LogP contribution in [-0.4, -0.2) is 48.3 Å². The number of anilines is 1. The first kappa shape index (κ1) is 16.0. The van der Waals surface area contributed by atoms with Gasteiger partial charge in [-0.2, -0.15) is 0 Å². The average molecular weight is 280 g/mol. The zero-order valence-corrected chi connectivity index (χ0v) is 11.8. The maximum absolute atomic E-state index is 11.8. The van der Waals surface area contributed by atoms with Gasteiger partial charge in [0, 0.05) is 12.2 Å². The fourth-order valence-corrected chi connectivity index (χ4v) is 1.70. The van der Waals surface area contributed by atoms with Crippen LogP contribution >= 0.6 is 0 Å². The molecule has 1 amide bonds. The number of hydrogen-bond acceptors (Lipinski definition) is 4. The molecule has 0 aliphatic rings. The predicted octanol–water partition coefficient (Wildman–Crippen LogP) is 2.28. The molecule has 1 rings (SSSR count). The van der Waals surface area contributed by atoms with Crippen molar-refractivity contribution in [2.24, 2.45) is 0 Å². The molecule has 0 aromatic heterocycles. The molecule has 0 radical (unpaired) electrons. The first-order valence-corrected chi connectivity index (χ1v) is 6.56. The van der Waals surface area contributed by atoms with Crippen molar-refractivity contribution in [3.63, 3.8) is 0 Å². The molecule has 0 heterocycles. The Kier molecular flexibility index (Phi) is 6.52. The summed E-state index contributed by atoms with van der Waals surface area (Å²) in [4.78, 5) is 24.4. The lowest BCUT2D eigenvalue weighted by Crippen LogP contribution is -2.27. The first-order valence-electron chi connectivity index (χ1n) is 6.56. The summed E-state index contributed by atoms with van der Waals surface area (Å²) in [5.41, 5.74) is 0.817. The van der Waals surface area contributed by atoms with Gasteiger partial charge in [0.05, 0.1) is 5.56 Å². The van der Waals surface area contributed by atoms with Gasteiger partial charge in [-0.15, -0.1) is 0 Å². The molecule has 0 atom stereocenters. The van der Waals surface area contributed by atoms with Crippen LogP contribution in [0, 0.1) is 0 Å². The molecule has 110 valence electrons. The van der Waals surface area contributed by atoms with Crippen LogP contribution in [0.4, 0.5) is 10.5 Å². The van der Waals surface area contributed by atoms with E-state index in [1.807, 2.05) is 0 Å². The van der Waals surface area contributed by atoms with E-state index in [2.05, 4.69) is 24.1 Å². The summed E-state index contributed by atoms with van der Waals surface area (Å²) in [5, 5.41) is 10.8. The van der Waals surface area contributed by atoms with Gasteiger partial charge in [0.2, 0.25) is 0 Å². The van der Waals surface area contributed by atoms with Crippen LogP contribution in [0.3, 0.4) is 0 Å². The van der Waals surface area contributed by atoms with E-state index in [-0.39, 0.29) is 0 Å². The number of carboxylic acid groups (broad SMARTS) is 1. The molecule has 0 fully saturated rings. The summed E-state index contributed by atoms with van der Waals surface area (Å²) in [5.74, 6) is -0.404. The summed E-state index contributed by atoms with van der Waals surface area (Å²) in [7, 11) is 0. The van der Waals surface area contributed by atoms with E-state index in [1.165, 1.54) is 24.3 Å². The van der Waals surface area contributed by atoms with Gasteiger partial charge in [0.15, 0.2) is 0 Å². The number of carbonyl (C=O) groups is 2. The normalized spacial score (nSPS) is 10.3. The largest absolute Gasteiger partial charge is 0.465 e. The van der Waals surface area contributed by atoms with Crippen molar-refractivity contribution in [3.8, 4) is 0 Å². The number of nitrogens with zero attached hydrogens (tertiary/aromatic N) is 1. The Morgan fingerprint density at radius 3 is 2.30 bits per heavy atom. The third-order valence-electron chi connectivity index (χ3n) is 2.91. The number of nitrogens with one attached hydrogen (secondary N) is 1. The molecule has 0 saturated heterocycles. The molecule has 1 aromatic rings. The van der Waals surface area contributed by atoms with E-state index >= 15 is 0 Å². The highest BCUT2D eigenvalue weighted by Crippen LogP contribution is 2.10. The van der Waals surface area contributed by atoms with Crippen LogP contribution in [0.25, 0.3) is 0 Å². The highest BCUT2D eigenvalue weighted by Gasteiger charge is 2.08. The summed E-state index contributed by atoms with van der Waals surface area (Å²) in [6, 6.07) is 6.11. The molecule has 6 nitrogen and oxygen atoms in total. The fraction of sp³-hybridized carbons (Fsp3) is 0.429. The molecule has 0 unspecified atom stereocenters. The van der Waals surface area contributed by atoms with Crippen molar-refractivity contribution in [1.82, 2.24) is 4.90 Å². The molecule has 0 spiro atoms. The predicted molar refractivity (Wildman–Crippen MR) is 76.2 cm³/mol. The van der Waals surface area contributed by atoms with E-state index in [0.717, 1.165) is 13.1 Å². The number of carbonyl (C=O) groups excluding carboxylic acids is 1. The maximum Gasteiger partial charge on any atom is 0.409 e. The van der Waals surface area contributed by atoms with Gasteiger partial charge >= 0.3 is 12.1 Å². The van der Waals surface area contributed by atoms with Crippen LogP contribution in [0.1, 0.15) is 24.2 Å². The lowest BCUT2D eigenvalue weighted by Gasteiger charge is -2.17. The molecule has 20 heavy (non-hydrogen) atoms. The maximum atomic E-state index is 11.8. The third kappa shape index (κ3) is 5.27. The van der Waals surface area contributed by atoms with Crippen molar-refractivity contribution in [1.29, 1.82) is 0 Å². The van der Waals surface area contributed by atoms with Gasteiger partial charge in [-0.1, -0.05) is 13.8 Å². The topological polar surface area (TPSA) is 78.9 Å². The Morgan fingerprint density at radius 2 is 1.80 bits per heavy atom. The Morgan fingerprint density at radius 1 is 1.20 bits per heavy atom. The van der Waals surface area contributed by atoms with Gasteiger partial charge in [0.25, 0.3) is 0 Å². The highest BCUT2D eigenvalue weighted by molar-refractivity contribution is 5.90.